The average Bonchev–Trinajstić information content (AvgIpc) is 2.52. The lowest BCUT2D eigenvalue weighted by Crippen LogP contribution is -2.13. The Labute approximate surface area is 134 Å². The normalized spacial score (nSPS) is 10.3. The van der Waals surface area contributed by atoms with E-state index in [1.807, 2.05) is 0 Å². The highest BCUT2D eigenvalue weighted by Crippen LogP contribution is 2.16. The smallest absolute Gasteiger partial charge is 0.255 e. The van der Waals surface area contributed by atoms with E-state index in [0.29, 0.717) is 28.7 Å². The Morgan fingerprint density at radius 3 is 2.95 bits per heavy atom. The molecule has 116 valence electrons. The van der Waals surface area contributed by atoms with Crippen LogP contribution in [0.5, 0.6) is 0 Å². The molecule has 2 aromatic rings. The number of hydrogen-bond donors (Lipinski definition) is 2. The fourth-order valence-corrected chi connectivity index (χ4v) is 2.06. The van der Waals surface area contributed by atoms with Gasteiger partial charge in [-0.25, -0.2) is 4.98 Å². The number of rotatable bonds is 7. The summed E-state index contributed by atoms with van der Waals surface area (Å²) in [7, 11) is 1.67. The molecule has 0 spiro atoms. The number of methoxy groups -OCH3 is 1. The lowest BCUT2D eigenvalue weighted by molar-refractivity contribution is 0.102. The van der Waals surface area contributed by atoms with Crippen LogP contribution in [0.1, 0.15) is 16.8 Å². The number of carbonyl (C=O) groups excluding carboxylic acids is 1. The van der Waals surface area contributed by atoms with E-state index in [0.717, 1.165) is 13.0 Å². The maximum absolute atomic E-state index is 12.2. The van der Waals surface area contributed by atoms with Gasteiger partial charge in [-0.3, -0.25) is 4.79 Å². The van der Waals surface area contributed by atoms with Gasteiger partial charge >= 0.3 is 0 Å². The van der Waals surface area contributed by atoms with Crippen molar-refractivity contribution in [1.82, 2.24) is 4.98 Å². The molecule has 1 aromatic heterocycles. The number of nitrogens with zero attached hydrogens (tertiary/aromatic N) is 1. The van der Waals surface area contributed by atoms with Crippen molar-refractivity contribution in [1.29, 1.82) is 0 Å². The zero-order valence-electron chi connectivity index (χ0n) is 12.3. The molecule has 0 atom stereocenters. The van der Waals surface area contributed by atoms with E-state index in [4.69, 9.17) is 16.3 Å². The molecule has 2 rings (SSSR count). The highest BCUT2D eigenvalue weighted by molar-refractivity contribution is 6.30. The van der Waals surface area contributed by atoms with Crippen molar-refractivity contribution in [2.75, 3.05) is 30.9 Å². The third-order valence-corrected chi connectivity index (χ3v) is 3.17. The Bertz CT molecular complexity index is 634. The van der Waals surface area contributed by atoms with Crippen LogP contribution >= 0.6 is 11.6 Å². The summed E-state index contributed by atoms with van der Waals surface area (Å²) in [5.41, 5.74) is 1.19. The number of nitrogens with one attached hydrogen (secondary N) is 2. The number of carbonyl (C=O) groups is 1. The van der Waals surface area contributed by atoms with Gasteiger partial charge in [-0.05, 0) is 36.8 Å². The minimum atomic E-state index is -0.204. The molecule has 0 unspecified atom stereocenters. The molecule has 6 heteroatoms. The quantitative estimate of drug-likeness (QED) is 0.767. The topological polar surface area (TPSA) is 63.2 Å². The molecular weight excluding hydrogens is 302 g/mol. The fourth-order valence-electron chi connectivity index (χ4n) is 1.87. The molecule has 1 aromatic carbocycles. The highest BCUT2D eigenvalue weighted by atomic mass is 35.5. The lowest BCUT2D eigenvalue weighted by Gasteiger charge is -2.08. The molecule has 22 heavy (non-hydrogen) atoms. The molecule has 0 saturated heterocycles. The van der Waals surface area contributed by atoms with Crippen molar-refractivity contribution < 1.29 is 9.53 Å². The Morgan fingerprint density at radius 2 is 2.18 bits per heavy atom. The van der Waals surface area contributed by atoms with Crippen LogP contribution in [0.3, 0.4) is 0 Å². The van der Waals surface area contributed by atoms with Crippen LogP contribution in [0.4, 0.5) is 11.5 Å². The maximum atomic E-state index is 12.2. The molecule has 0 fully saturated rings. The predicted molar refractivity (Wildman–Crippen MR) is 88.6 cm³/mol. The first-order chi connectivity index (χ1) is 10.7. The van der Waals surface area contributed by atoms with Gasteiger partial charge in [0.15, 0.2) is 0 Å². The molecule has 1 heterocycles. The summed E-state index contributed by atoms with van der Waals surface area (Å²) in [5.74, 6) is 0.458. The van der Waals surface area contributed by atoms with Crippen molar-refractivity contribution in [2.45, 2.75) is 6.42 Å². The summed E-state index contributed by atoms with van der Waals surface area (Å²) in [4.78, 5) is 16.4. The van der Waals surface area contributed by atoms with Crippen molar-refractivity contribution in [3.63, 3.8) is 0 Å². The van der Waals surface area contributed by atoms with Crippen molar-refractivity contribution >= 4 is 29.0 Å². The lowest BCUT2D eigenvalue weighted by atomic mass is 10.2. The SMILES string of the molecule is COCCCNc1cc(C(=O)Nc2cccc(Cl)c2)ccn1. The second-order valence-electron chi connectivity index (χ2n) is 4.67. The van der Waals surface area contributed by atoms with Crippen LogP contribution in [0.2, 0.25) is 5.02 Å². The van der Waals surface area contributed by atoms with E-state index in [1.165, 1.54) is 0 Å². The molecule has 5 nitrogen and oxygen atoms in total. The Hall–Kier alpha value is -2.11. The molecule has 1 amide bonds. The van der Waals surface area contributed by atoms with Gasteiger partial charge in [0, 0.05) is 42.7 Å². The van der Waals surface area contributed by atoms with Crippen LogP contribution in [-0.2, 0) is 4.74 Å². The molecule has 2 N–H and O–H groups in total. The number of pyridine rings is 1. The molecule has 0 aliphatic rings. The first kappa shape index (κ1) is 16.3. The maximum Gasteiger partial charge on any atom is 0.255 e. The minimum absolute atomic E-state index is 0.204. The van der Waals surface area contributed by atoms with Crippen molar-refractivity contribution in [3.05, 3.63) is 53.2 Å². The third-order valence-electron chi connectivity index (χ3n) is 2.94. The number of anilines is 2. The van der Waals surface area contributed by atoms with Crippen LogP contribution in [-0.4, -0.2) is 31.2 Å². The second-order valence-corrected chi connectivity index (χ2v) is 5.10. The van der Waals surface area contributed by atoms with E-state index >= 15 is 0 Å². The largest absolute Gasteiger partial charge is 0.385 e. The summed E-state index contributed by atoms with van der Waals surface area (Å²) in [5, 5.41) is 6.54. The molecule has 0 aliphatic carbocycles. The van der Waals surface area contributed by atoms with Crippen LogP contribution in [0.25, 0.3) is 0 Å². The van der Waals surface area contributed by atoms with Crippen molar-refractivity contribution in [2.24, 2.45) is 0 Å². The average molecular weight is 320 g/mol. The number of benzene rings is 1. The van der Waals surface area contributed by atoms with E-state index < -0.39 is 0 Å². The monoisotopic (exact) mass is 319 g/mol. The van der Waals surface area contributed by atoms with Crippen LogP contribution < -0.4 is 10.6 Å². The predicted octanol–water partition coefficient (Wildman–Crippen LogP) is 3.44. The zero-order chi connectivity index (χ0) is 15.8. The van der Waals surface area contributed by atoms with Crippen LogP contribution in [0, 0.1) is 0 Å². The van der Waals surface area contributed by atoms with Crippen molar-refractivity contribution in [3.8, 4) is 0 Å². The van der Waals surface area contributed by atoms with Gasteiger partial charge in [0.1, 0.15) is 5.82 Å². The number of ether oxygens (including phenoxy) is 1. The van der Waals surface area contributed by atoms with E-state index in [9.17, 15) is 4.79 Å². The number of amides is 1. The van der Waals surface area contributed by atoms with Gasteiger partial charge in [0.25, 0.3) is 5.91 Å². The van der Waals surface area contributed by atoms with Gasteiger partial charge < -0.3 is 15.4 Å². The Kier molecular flexibility index (Phi) is 6.18. The Balaban J connectivity index is 1.97. The highest BCUT2D eigenvalue weighted by Gasteiger charge is 2.07. The summed E-state index contributed by atoms with van der Waals surface area (Å²) >= 11 is 5.90. The standard InChI is InChI=1S/C16H18ClN3O2/c1-22-9-3-7-18-15-10-12(6-8-19-15)16(21)20-14-5-2-4-13(17)11-14/h2,4-6,8,10-11H,3,7,9H2,1H3,(H,18,19)(H,20,21). The zero-order valence-corrected chi connectivity index (χ0v) is 13.1. The minimum Gasteiger partial charge on any atom is -0.385 e. The van der Waals surface area contributed by atoms with Gasteiger partial charge in [0.2, 0.25) is 0 Å². The Morgan fingerprint density at radius 1 is 1.32 bits per heavy atom. The van der Waals surface area contributed by atoms with Gasteiger partial charge in [-0.2, -0.15) is 0 Å². The summed E-state index contributed by atoms with van der Waals surface area (Å²) in [6.07, 6.45) is 2.47. The summed E-state index contributed by atoms with van der Waals surface area (Å²) in [6, 6.07) is 10.4. The van der Waals surface area contributed by atoms with E-state index in [1.54, 1.807) is 49.7 Å². The number of hydrogen-bond acceptors (Lipinski definition) is 4. The summed E-state index contributed by atoms with van der Waals surface area (Å²) < 4.78 is 4.98. The van der Waals surface area contributed by atoms with E-state index in [-0.39, 0.29) is 5.91 Å². The summed E-state index contributed by atoms with van der Waals surface area (Å²) in [6.45, 7) is 1.42. The fraction of sp³-hybridized carbons (Fsp3) is 0.250. The molecule has 0 saturated carbocycles. The first-order valence-corrected chi connectivity index (χ1v) is 7.32. The first-order valence-electron chi connectivity index (χ1n) is 6.95. The third kappa shape index (κ3) is 5.02. The second kappa shape index (κ2) is 8.36. The number of halogens is 1. The van der Waals surface area contributed by atoms with Gasteiger partial charge in [-0.15, -0.1) is 0 Å². The molecule has 0 aliphatic heterocycles. The van der Waals surface area contributed by atoms with E-state index in [2.05, 4.69) is 15.6 Å². The molecular formula is C16H18ClN3O2. The molecule has 0 bridgehead atoms. The van der Waals surface area contributed by atoms with Gasteiger partial charge in [-0.1, -0.05) is 17.7 Å². The number of aromatic nitrogens is 1. The molecule has 0 radical (unpaired) electrons. The van der Waals surface area contributed by atoms with Gasteiger partial charge in [0.05, 0.1) is 0 Å². The van der Waals surface area contributed by atoms with Crippen LogP contribution in [0.15, 0.2) is 42.6 Å².